The van der Waals surface area contributed by atoms with Gasteiger partial charge in [0.15, 0.2) is 5.60 Å². The van der Waals surface area contributed by atoms with Gasteiger partial charge in [0.25, 0.3) is 0 Å². The molecule has 1 atom stereocenters. The van der Waals surface area contributed by atoms with Crippen molar-refractivity contribution in [2.24, 2.45) is 0 Å². The molecule has 1 aromatic rings. The van der Waals surface area contributed by atoms with E-state index < -0.39 is 11.6 Å². The topological polar surface area (TPSA) is 46.5 Å². The summed E-state index contributed by atoms with van der Waals surface area (Å²) in [6.45, 7) is 3.59. The first-order valence-electron chi connectivity index (χ1n) is 6.51. The van der Waals surface area contributed by atoms with E-state index in [9.17, 15) is 9.90 Å². The zero-order valence-electron chi connectivity index (χ0n) is 11.0. The highest BCUT2D eigenvalue weighted by molar-refractivity contribution is 5.79. The highest BCUT2D eigenvalue weighted by Crippen LogP contribution is 2.34. The Kier molecular flexibility index (Phi) is 3.71. The van der Waals surface area contributed by atoms with Gasteiger partial charge in [-0.05, 0) is 37.8 Å². The molecule has 1 aliphatic rings. The Bertz CT molecular complexity index is 435. The normalized spacial score (nSPS) is 19.7. The second-order valence-corrected chi connectivity index (χ2v) is 5.18. The molecule has 1 N–H and O–H groups in total. The van der Waals surface area contributed by atoms with Crippen LogP contribution in [0.5, 0.6) is 0 Å². The second-order valence-electron chi connectivity index (χ2n) is 5.18. The largest absolute Gasteiger partial charge is 0.479 e. The van der Waals surface area contributed by atoms with Gasteiger partial charge in [0.2, 0.25) is 0 Å². The van der Waals surface area contributed by atoms with Crippen LogP contribution in [0, 0.1) is 6.92 Å². The minimum Gasteiger partial charge on any atom is -0.479 e. The van der Waals surface area contributed by atoms with Gasteiger partial charge in [-0.15, -0.1) is 0 Å². The smallest absolute Gasteiger partial charge is 0.340 e. The molecule has 2 rings (SSSR count). The van der Waals surface area contributed by atoms with Crippen molar-refractivity contribution in [2.75, 3.05) is 0 Å². The molecule has 3 nitrogen and oxygen atoms in total. The van der Waals surface area contributed by atoms with E-state index in [2.05, 4.69) is 0 Å². The van der Waals surface area contributed by atoms with Crippen LogP contribution in [-0.4, -0.2) is 17.2 Å². The maximum atomic E-state index is 11.6. The van der Waals surface area contributed by atoms with E-state index >= 15 is 0 Å². The Hall–Kier alpha value is -1.35. The van der Waals surface area contributed by atoms with Crippen LogP contribution in [0.25, 0.3) is 0 Å². The van der Waals surface area contributed by atoms with Crippen LogP contribution in [0.4, 0.5) is 0 Å². The Balaban J connectivity index is 2.31. The Morgan fingerprint density at radius 1 is 1.33 bits per heavy atom. The lowest BCUT2D eigenvalue weighted by atomic mass is 9.91. The lowest BCUT2D eigenvalue weighted by Gasteiger charge is -2.30. The summed E-state index contributed by atoms with van der Waals surface area (Å²) in [6.07, 6.45) is 4.27. The molecular weight excluding hydrogens is 228 g/mol. The zero-order valence-corrected chi connectivity index (χ0v) is 11.0. The standard InChI is InChI=1S/C15H20O3/c1-11-7-3-6-10-13(11)15(2,14(16)17)18-12-8-4-5-9-12/h3,6-7,10,12H,4-5,8-9H2,1-2H3,(H,16,17). The molecule has 0 heterocycles. The van der Waals surface area contributed by atoms with Crippen molar-refractivity contribution in [1.29, 1.82) is 0 Å². The molecule has 0 radical (unpaired) electrons. The predicted octanol–water partition coefficient (Wildman–Crippen LogP) is 3.25. The van der Waals surface area contributed by atoms with Crippen LogP contribution in [-0.2, 0) is 15.1 Å². The average molecular weight is 248 g/mol. The molecule has 1 aliphatic carbocycles. The van der Waals surface area contributed by atoms with Crippen molar-refractivity contribution in [2.45, 2.75) is 51.2 Å². The molecule has 0 saturated heterocycles. The van der Waals surface area contributed by atoms with Crippen molar-refractivity contribution in [1.82, 2.24) is 0 Å². The first-order valence-corrected chi connectivity index (χ1v) is 6.51. The second kappa shape index (κ2) is 5.11. The molecule has 1 fully saturated rings. The molecule has 0 bridgehead atoms. The Labute approximate surface area is 108 Å². The third-order valence-electron chi connectivity index (χ3n) is 3.77. The van der Waals surface area contributed by atoms with Crippen molar-refractivity contribution in [3.63, 3.8) is 0 Å². The number of rotatable bonds is 4. The number of hydrogen-bond acceptors (Lipinski definition) is 2. The van der Waals surface area contributed by atoms with Gasteiger partial charge in [-0.25, -0.2) is 4.79 Å². The molecule has 1 unspecified atom stereocenters. The number of carbonyl (C=O) groups is 1. The number of carboxylic acid groups (broad SMARTS) is 1. The van der Waals surface area contributed by atoms with Crippen LogP contribution >= 0.6 is 0 Å². The number of carboxylic acids is 1. The fourth-order valence-corrected chi connectivity index (χ4v) is 2.68. The highest BCUT2D eigenvalue weighted by Gasteiger charge is 2.40. The number of aryl methyl sites for hydroxylation is 1. The maximum Gasteiger partial charge on any atom is 0.340 e. The van der Waals surface area contributed by atoms with Crippen molar-refractivity contribution in [3.05, 3.63) is 35.4 Å². The Morgan fingerprint density at radius 3 is 2.50 bits per heavy atom. The lowest BCUT2D eigenvalue weighted by molar-refractivity contribution is -0.172. The van der Waals surface area contributed by atoms with Crippen LogP contribution in [0.3, 0.4) is 0 Å². The summed E-state index contributed by atoms with van der Waals surface area (Å²) in [4.78, 5) is 11.6. The van der Waals surface area contributed by atoms with Gasteiger partial charge in [0.05, 0.1) is 6.10 Å². The van der Waals surface area contributed by atoms with Gasteiger partial charge < -0.3 is 9.84 Å². The fourth-order valence-electron chi connectivity index (χ4n) is 2.68. The molecule has 98 valence electrons. The summed E-state index contributed by atoms with van der Waals surface area (Å²) in [5.41, 5.74) is 0.477. The number of ether oxygens (including phenoxy) is 1. The van der Waals surface area contributed by atoms with Gasteiger partial charge in [-0.1, -0.05) is 37.1 Å². The fraction of sp³-hybridized carbons (Fsp3) is 0.533. The first kappa shape index (κ1) is 13.1. The first-order chi connectivity index (χ1) is 8.54. The SMILES string of the molecule is Cc1ccccc1C(C)(OC1CCCC1)C(=O)O. The number of benzene rings is 1. The Morgan fingerprint density at radius 2 is 1.94 bits per heavy atom. The zero-order chi connectivity index (χ0) is 13.2. The van der Waals surface area contributed by atoms with Gasteiger partial charge in [0, 0.05) is 0 Å². The molecule has 1 aromatic carbocycles. The summed E-state index contributed by atoms with van der Waals surface area (Å²) in [7, 11) is 0. The summed E-state index contributed by atoms with van der Waals surface area (Å²) < 4.78 is 5.93. The summed E-state index contributed by atoms with van der Waals surface area (Å²) in [6, 6.07) is 7.55. The van der Waals surface area contributed by atoms with Crippen molar-refractivity contribution in [3.8, 4) is 0 Å². The number of hydrogen-bond donors (Lipinski definition) is 1. The van der Waals surface area contributed by atoms with E-state index in [-0.39, 0.29) is 6.10 Å². The molecule has 18 heavy (non-hydrogen) atoms. The van der Waals surface area contributed by atoms with Crippen LogP contribution in [0.15, 0.2) is 24.3 Å². The van der Waals surface area contributed by atoms with E-state index in [0.29, 0.717) is 0 Å². The molecule has 0 aliphatic heterocycles. The summed E-state index contributed by atoms with van der Waals surface area (Å²) in [5.74, 6) is -0.913. The minimum absolute atomic E-state index is 0.0747. The van der Waals surface area contributed by atoms with E-state index in [4.69, 9.17) is 4.74 Å². The van der Waals surface area contributed by atoms with Gasteiger partial charge in [-0.2, -0.15) is 0 Å². The average Bonchev–Trinajstić information content (AvgIpc) is 2.81. The molecular formula is C15H20O3. The quantitative estimate of drug-likeness (QED) is 0.889. The minimum atomic E-state index is -1.24. The van der Waals surface area contributed by atoms with Gasteiger partial charge >= 0.3 is 5.97 Å². The van der Waals surface area contributed by atoms with Crippen molar-refractivity contribution >= 4 is 5.97 Å². The van der Waals surface area contributed by atoms with E-state index in [1.165, 1.54) is 0 Å². The molecule has 0 aromatic heterocycles. The van der Waals surface area contributed by atoms with Crippen molar-refractivity contribution < 1.29 is 14.6 Å². The molecule has 0 amide bonds. The summed E-state index contributed by atoms with van der Waals surface area (Å²) >= 11 is 0. The third kappa shape index (κ3) is 2.41. The van der Waals surface area contributed by atoms with Crippen LogP contribution < -0.4 is 0 Å². The van der Waals surface area contributed by atoms with Gasteiger partial charge in [0.1, 0.15) is 0 Å². The predicted molar refractivity (Wildman–Crippen MR) is 69.5 cm³/mol. The van der Waals surface area contributed by atoms with Crippen LogP contribution in [0.1, 0.15) is 43.7 Å². The van der Waals surface area contributed by atoms with E-state index in [1.54, 1.807) is 6.92 Å². The summed E-state index contributed by atoms with van der Waals surface area (Å²) in [5, 5.41) is 9.55. The number of aliphatic carboxylic acids is 1. The third-order valence-corrected chi connectivity index (χ3v) is 3.77. The molecule has 3 heteroatoms. The maximum absolute atomic E-state index is 11.6. The monoisotopic (exact) mass is 248 g/mol. The highest BCUT2D eigenvalue weighted by atomic mass is 16.5. The van der Waals surface area contributed by atoms with E-state index in [1.807, 2.05) is 31.2 Å². The molecule has 0 spiro atoms. The molecule has 1 saturated carbocycles. The van der Waals surface area contributed by atoms with E-state index in [0.717, 1.165) is 36.8 Å². The lowest BCUT2D eigenvalue weighted by Crippen LogP contribution is -2.39. The van der Waals surface area contributed by atoms with Gasteiger partial charge in [-0.3, -0.25) is 0 Å². The van der Waals surface area contributed by atoms with Crippen LogP contribution in [0.2, 0.25) is 0 Å².